The van der Waals surface area contributed by atoms with E-state index in [0.29, 0.717) is 0 Å². The third-order valence-corrected chi connectivity index (χ3v) is 1.56. The summed E-state index contributed by atoms with van der Waals surface area (Å²) >= 11 is 5.41. The fourth-order valence-electron chi connectivity index (χ4n) is 0.438. The zero-order chi connectivity index (χ0) is 7.98. The van der Waals surface area contributed by atoms with Crippen molar-refractivity contribution in [3.8, 4) is 0 Å². The first-order valence-electron chi connectivity index (χ1n) is 3.30. The highest BCUT2D eigenvalue weighted by molar-refractivity contribution is 6.25. The Kier molecular flexibility index (Phi) is 5.69. The average Bonchev–Trinajstić information content (AvgIpc) is 1.99. The van der Waals surface area contributed by atoms with Gasteiger partial charge >= 0.3 is 0 Å². The second kappa shape index (κ2) is 5.71. The topological polar surface area (TPSA) is 32.3 Å². The minimum absolute atomic E-state index is 0.145. The van der Waals surface area contributed by atoms with Gasteiger partial charge in [0.15, 0.2) is 0 Å². The highest BCUT2D eigenvalue weighted by Gasteiger charge is 1.96. The van der Waals surface area contributed by atoms with Gasteiger partial charge in [0.1, 0.15) is 0 Å². The zero-order valence-electron chi connectivity index (χ0n) is 6.39. The van der Waals surface area contributed by atoms with Crippen molar-refractivity contribution in [2.45, 2.75) is 19.9 Å². The van der Waals surface area contributed by atoms with Crippen LogP contribution in [0, 0.1) is 0 Å². The predicted octanol–water partition coefficient (Wildman–Crippen LogP) is 1.10. The number of aliphatic hydroxyl groups excluding tert-OH is 1. The van der Waals surface area contributed by atoms with Gasteiger partial charge in [0, 0.05) is 18.1 Å². The van der Waals surface area contributed by atoms with Crippen LogP contribution in [0.4, 0.5) is 0 Å². The van der Waals surface area contributed by atoms with Crippen LogP contribution in [0.3, 0.4) is 0 Å². The van der Waals surface area contributed by atoms with Crippen LogP contribution in [0.2, 0.25) is 0 Å². The van der Waals surface area contributed by atoms with Crippen LogP contribution >= 0.6 is 11.6 Å². The molecule has 0 amide bonds. The lowest BCUT2D eigenvalue weighted by atomic mass is 10.3. The summed E-state index contributed by atoms with van der Waals surface area (Å²) in [5, 5.41) is 11.7. The summed E-state index contributed by atoms with van der Waals surface area (Å²) in [6.45, 7) is 4.76. The molecule has 2 N–H and O–H groups in total. The molecule has 0 aliphatic heterocycles. The van der Waals surface area contributed by atoms with E-state index >= 15 is 0 Å². The van der Waals surface area contributed by atoms with Crippen molar-refractivity contribution in [1.82, 2.24) is 5.32 Å². The van der Waals surface area contributed by atoms with E-state index in [-0.39, 0.29) is 12.6 Å². The standard InChI is InChI=1S/C7H14ClNO/c1-6(3-8)4-9-7(2)5-10/h3,7,9-10H,4-5H2,1-2H3/b6-3+. The van der Waals surface area contributed by atoms with Gasteiger partial charge in [-0.15, -0.1) is 0 Å². The van der Waals surface area contributed by atoms with E-state index in [1.54, 1.807) is 0 Å². The number of rotatable bonds is 4. The van der Waals surface area contributed by atoms with Crippen molar-refractivity contribution >= 4 is 11.6 Å². The molecule has 0 heterocycles. The molecule has 0 radical (unpaired) electrons. The second-order valence-corrected chi connectivity index (χ2v) is 2.64. The largest absolute Gasteiger partial charge is 0.395 e. The highest BCUT2D eigenvalue weighted by atomic mass is 35.5. The molecule has 0 saturated heterocycles. The summed E-state index contributed by atoms with van der Waals surface area (Å²) in [6.07, 6.45) is 0. The predicted molar refractivity (Wildman–Crippen MR) is 44.2 cm³/mol. The van der Waals surface area contributed by atoms with E-state index in [4.69, 9.17) is 16.7 Å². The Hall–Kier alpha value is -0.0500. The van der Waals surface area contributed by atoms with Crippen molar-refractivity contribution in [2.75, 3.05) is 13.2 Å². The number of halogens is 1. The molecule has 0 aromatic carbocycles. The summed E-state index contributed by atoms with van der Waals surface area (Å²) in [5.41, 5.74) is 2.61. The molecule has 1 unspecified atom stereocenters. The summed E-state index contributed by atoms with van der Waals surface area (Å²) in [5.74, 6) is 0. The maximum atomic E-state index is 8.61. The van der Waals surface area contributed by atoms with E-state index in [0.717, 1.165) is 12.1 Å². The van der Waals surface area contributed by atoms with Gasteiger partial charge in [-0.2, -0.15) is 0 Å². The smallest absolute Gasteiger partial charge is 0.0582 e. The van der Waals surface area contributed by atoms with Gasteiger partial charge < -0.3 is 10.4 Å². The number of nitrogens with one attached hydrogen (secondary N) is 1. The first-order chi connectivity index (χ1) is 4.70. The number of hydrogen-bond acceptors (Lipinski definition) is 2. The summed E-state index contributed by atoms with van der Waals surface area (Å²) in [7, 11) is 0. The summed E-state index contributed by atoms with van der Waals surface area (Å²) in [6, 6.07) is 0.145. The molecule has 0 aliphatic carbocycles. The Balaban J connectivity index is 3.35. The van der Waals surface area contributed by atoms with E-state index in [1.807, 2.05) is 13.8 Å². The third kappa shape index (κ3) is 4.79. The highest BCUT2D eigenvalue weighted by Crippen LogP contribution is 1.92. The Bertz CT molecular complexity index is 114. The monoisotopic (exact) mass is 163 g/mol. The minimum atomic E-state index is 0.145. The molecular formula is C7H14ClNO. The first kappa shape index (κ1) is 9.95. The maximum absolute atomic E-state index is 8.61. The van der Waals surface area contributed by atoms with Gasteiger partial charge in [0.25, 0.3) is 0 Å². The number of aliphatic hydroxyl groups is 1. The molecule has 0 fully saturated rings. The fraction of sp³-hybridized carbons (Fsp3) is 0.714. The van der Waals surface area contributed by atoms with Gasteiger partial charge in [0.2, 0.25) is 0 Å². The average molecular weight is 164 g/mol. The van der Waals surface area contributed by atoms with Gasteiger partial charge in [-0.05, 0) is 19.4 Å². The van der Waals surface area contributed by atoms with E-state index < -0.39 is 0 Å². The molecular weight excluding hydrogens is 150 g/mol. The van der Waals surface area contributed by atoms with Gasteiger partial charge in [-0.1, -0.05) is 11.6 Å². The van der Waals surface area contributed by atoms with Crippen LogP contribution in [-0.2, 0) is 0 Å². The van der Waals surface area contributed by atoms with Crippen molar-refractivity contribution < 1.29 is 5.11 Å². The molecule has 0 aromatic rings. The van der Waals surface area contributed by atoms with Crippen LogP contribution < -0.4 is 5.32 Å². The van der Waals surface area contributed by atoms with Crippen molar-refractivity contribution in [1.29, 1.82) is 0 Å². The molecule has 0 aliphatic rings. The van der Waals surface area contributed by atoms with Gasteiger partial charge in [0.05, 0.1) is 6.61 Å². The molecule has 0 saturated carbocycles. The molecule has 0 bridgehead atoms. The third-order valence-electron chi connectivity index (χ3n) is 1.19. The Morgan fingerprint density at radius 3 is 2.80 bits per heavy atom. The first-order valence-corrected chi connectivity index (χ1v) is 3.74. The molecule has 1 atom stereocenters. The van der Waals surface area contributed by atoms with Crippen molar-refractivity contribution in [2.24, 2.45) is 0 Å². The Labute approximate surface area is 66.9 Å². The van der Waals surface area contributed by atoms with Crippen molar-refractivity contribution in [3.05, 3.63) is 11.1 Å². The fourth-order valence-corrected chi connectivity index (χ4v) is 0.515. The van der Waals surface area contributed by atoms with Crippen molar-refractivity contribution in [3.63, 3.8) is 0 Å². The minimum Gasteiger partial charge on any atom is -0.395 e. The van der Waals surface area contributed by atoms with Crippen LogP contribution in [0.5, 0.6) is 0 Å². The molecule has 0 aromatic heterocycles. The second-order valence-electron chi connectivity index (χ2n) is 2.42. The normalized spacial score (nSPS) is 15.4. The quantitative estimate of drug-likeness (QED) is 0.651. The molecule has 10 heavy (non-hydrogen) atoms. The zero-order valence-corrected chi connectivity index (χ0v) is 7.15. The van der Waals surface area contributed by atoms with Gasteiger partial charge in [-0.3, -0.25) is 0 Å². The van der Waals surface area contributed by atoms with Crippen LogP contribution in [0.15, 0.2) is 11.1 Å². The van der Waals surface area contributed by atoms with E-state index in [1.165, 1.54) is 5.54 Å². The lowest BCUT2D eigenvalue weighted by Gasteiger charge is -2.09. The van der Waals surface area contributed by atoms with Crippen LogP contribution in [0.25, 0.3) is 0 Å². The van der Waals surface area contributed by atoms with Gasteiger partial charge in [-0.25, -0.2) is 0 Å². The Morgan fingerprint density at radius 2 is 2.40 bits per heavy atom. The molecule has 2 nitrogen and oxygen atoms in total. The number of hydrogen-bond donors (Lipinski definition) is 2. The molecule has 0 rings (SSSR count). The van der Waals surface area contributed by atoms with E-state index in [2.05, 4.69) is 5.32 Å². The summed E-state index contributed by atoms with van der Waals surface area (Å²) < 4.78 is 0. The van der Waals surface area contributed by atoms with Crippen LogP contribution in [-0.4, -0.2) is 24.3 Å². The summed E-state index contributed by atoms with van der Waals surface area (Å²) in [4.78, 5) is 0. The molecule has 60 valence electrons. The Morgan fingerprint density at radius 1 is 1.80 bits per heavy atom. The maximum Gasteiger partial charge on any atom is 0.0582 e. The SMILES string of the molecule is C/C(=C\Cl)CNC(C)CO. The van der Waals surface area contributed by atoms with E-state index in [9.17, 15) is 0 Å². The molecule has 0 spiro atoms. The molecule has 3 heteroatoms. The van der Waals surface area contributed by atoms with Crippen LogP contribution in [0.1, 0.15) is 13.8 Å². The lowest BCUT2D eigenvalue weighted by Crippen LogP contribution is -2.30. The lowest BCUT2D eigenvalue weighted by molar-refractivity contribution is 0.254.